The van der Waals surface area contributed by atoms with Crippen LogP contribution in [0.15, 0.2) is 55.0 Å². The third kappa shape index (κ3) is 3.83. The van der Waals surface area contributed by atoms with Gasteiger partial charge in [-0.15, -0.1) is 0 Å². The maximum absolute atomic E-state index is 12.7. The quantitative estimate of drug-likeness (QED) is 0.480. The molecule has 156 valence electrons. The van der Waals surface area contributed by atoms with Crippen molar-refractivity contribution >= 4 is 38.4 Å². The summed E-state index contributed by atoms with van der Waals surface area (Å²) in [6.45, 7) is 3.73. The lowest BCUT2D eigenvalue weighted by atomic mass is 10.2. The number of halogens is 1. The third-order valence-electron chi connectivity index (χ3n) is 4.49. The summed E-state index contributed by atoms with van der Waals surface area (Å²) < 4.78 is 39.5. The number of hydrogen-bond donors (Lipinski definition) is 1. The Balaban J connectivity index is 1.66. The topological polar surface area (TPSA) is 120 Å². The van der Waals surface area contributed by atoms with Crippen LogP contribution in [0.3, 0.4) is 0 Å². The maximum atomic E-state index is 12.7. The number of aryl methyl sites for hydroxylation is 2. The molecule has 0 saturated heterocycles. The minimum Gasteiger partial charge on any atom is -0.408 e. The molecule has 4 rings (SSSR count). The molecule has 0 radical (unpaired) electrons. The molecule has 4 aromatic rings. The van der Waals surface area contributed by atoms with Gasteiger partial charge in [0.05, 0.1) is 22.6 Å². The molecule has 0 aliphatic rings. The van der Waals surface area contributed by atoms with Gasteiger partial charge in [0, 0.05) is 17.5 Å². The van der Waals surface area contributed by atoms with Crippen molar-refractivity contribution in [2.75, 3.05) is 4.72 Å². The van der Waals surface area contributed by atoms with E-state index in [1.54, 1.807) is 12.1 Å². The molecule has 0 saturated carbocycles. The zero-order valence-electron chi connectivity index (χ0n) is 16.0. The average Bonchev–Trinajstić information content (AvgIpc) is 3.28. The van der Waals surface area contributed by atoms with E-state index >= 15 is 0 Å². The summed E-state index contributed by atoms with van der Waals surface area (Å²) in [6, 6.07) is 9.03. The van der Waals surface area contributed by atoms with Crippen molar-refractivity contribution in [1.82, 2.24) is 14.7 Å². The van der Waals surface area contributed by atoms with E-state index in [0.29, 0.717) is 34.4 Å². The van der Waals surface area contributed by atoms with E-state index in [4.69, 9.17) is 20.5 Å². The van der Waals surface area contributed by atoms with Crippen molar-refractivity contribution in [1.29, 1.82) is 0 Å². The van der Waals surface area contributed by atoms with Crippen molar-refractivity contribution < 1.29 is 17.4 Å². The van der Waals surface area contributed by atoms with Crippen LogP contribution in [0.5, 0.6) is 0 Å². The first kappa shape index (κ1) is 20.2. The highest BCUT2D eigenvalue weighted by atomic mass is 35.5. The molecule has 9 nitrogen and oxygen atoms in total. The van der Waals surface area contributed by atoms with Crippen LogP contribution in [0.25, 0.3) is 11.1 Å². The molecule has 0 bridgehead atoms. The van der Waals surface area contributed by atoms with Gasteiger partial charge in [0.15, 0.2) is 11.4 Å². The van der Waals surface area contributed by atoms with Gasteiger partial charge in [0.2, 0.25) is 5.89 Å². The van der Waals surface area contributed by atoms with Crippen LogP contribution in [0, 0.1) is 6.92 Å². The monoisotopic (exact) mass is 448 g/mol. The molecule has 0 amide bonds. The number of hydrogen-bond acceptors (Lipinski definition) is 7. The number of rotatable bonds is 6. The second-order valence-corrected chi connectivity index (χ2v) is 8.70. The lowest BCUT2D eigenvalue weighted by Crippen LogP contribution is -2.15. The lowest BCUT2D eigenvalue weighted by Gasteiger charge is -2.09. The van der Waals surface area contributed by atoms with Crippen LogP contribution in [0.1, 0.15) is 24.2 Å². The molecule has 30 heavy (non-hydrogen) atoms. The fourth-order valence-corrected chi connectivity index (χ4v) is 4.12. The molecule has 1 N–H and O–H groups in total. The zero-order valence-corrected chi connectivity index (χ0v) is 17.6. The largest absolute Gasteiger partial charge is 0.420 e. The number of aromatic nitrogens is 3. The van der Waals surface area contributed by atoms with E-state index in [9.17, 15) is 13.2 Å². The van der Waals surface area contributed by atoms with Gasteiger partial charge in [0.1, 0.15) is 0 Å². The Bertz CT molecular complexity index is 1400. The average molecular weight is 449 g/mol. The molecule has 0 aliphatic heterocycles. The van der Waals surface area contributed by atoms with Crippen molar-refractivity contribution in [3.8, 4) is 0 Å². The van der Waals surface area contributed by atoms with Crippen LogP contribution in [-0.4, -0.2) is 23.1 Å². The summed E-state index contributed by atoms with van der Waals surface area (Å²) in [5.74, 6) is 0.133. The van der Waals surface area contributed by atoms with E-state index in [1.807, 2.05) is 13.8 Å². The van der Waals surface area contributed by atoms with Crippen LogP contribution >= 0.6 is 11.6 Å². The molecular formula is C19H17ClN4O5S. The summed E-state index contributed by atoms with van der Waals surface area (Å²) >= 11 is 6.06. The van der Waals surface area contributed by atoms with E-state index < -0.39 is 15.8 Å². The summed E-state index contributed by atoms with van der Waals surface area (Å²) in [6.07, 6.45) is 0.578. The Hall–Kier alpha value is -3.11. The second-order valence-electron chi connectivity index (χ2n) is 6.61. The Morgan fingerprint density at radius 1 is 1.20 bits per heavy atom. The molecule has 2 aromatic carbocycles. The van der Waals surface area contributed by atoms with Crippen molar-refractivity contribution in [3.63, 3.8) is 0 Å². The Morgan fingerprint density at radius 2 is 2.00 bits per heavy atom. The van der Waals surface area contributed by atoms with Gasteiger partial charge in [-0.2, -0.15) is 4.98 Å². The maximum Gasteiger partial charge on any atom is 0.420 e. The van der Waals surface area contributed by atoms with Gasteiger partial charge >= 0.3 is 5.76 Å². The standard InChI is InChI=1S/C19H17ClN4O5S/c1-3-18-21-17(22-29-18)10-24-15-7-6-13(9-16(15)28-19(24)25)30(26,27)23-12-5-4-11(2)14(20)8-12/h4-9,23H,3,10H2,1-2H3. The fourth-order valence-electron chi connectivity index (χ4n) is 2.87. The highest BCUT2D eigenvalue weighted by molar-refractivity contribution is 7.92. The number of oxazole rings is 1. The van der Waals surface area contributed by atoms with E-state index in [2.05, 4.69) is 14.9 Å². The number of anilines is 1. The van der Waals surface area contributed by atoms with Crippen LogP contribution in [0.2, 0.25) is 5.02 Å². The molecule has 0 atom stereocenters. The van der Waals surface area contributed by atoms with Gasteiger partial charge < -0.3 is 8.94 Å². The molecule has 0 fully saturated rings. The molecule has 0 unspecified atom stereocenters. The number of nitrogens with one attached hydrogen (secondary N) is 1. The van der Waals surface area contributed by atoms with Crippen molar-refractivity contribution in [2.24, 2.45) is 0 Å². The zero-order chi connectivity index (χ0) is 21.5. The van der Waals surface area contributed by atoms with E-state index in [-0.39, 0.29) is 17.0 Å². The Labute approximate surface area is 176 Å². The molecule has 2 heterocycles. The summed E-state index contributed by atoms with van der Waals surface area (Å²) in [7, 11) is -3.92. The number of nitrogens with zero attached hydrogens (tertiary/aromatic N) is 3. The van der Waals surface area contributed by atoms with Gasteiger partial charge in [-0.1, -0.05) is 29.7 Å². The Kier molecular flexibility index (Phi) is 5.12. The molecule has 0 aliphatic carbocycles. The summed E-state index contributed by atoms with van der Waals surface area (Å²) in [4.78, 5) is 16.4. The van der Waals surface area contributed by atoms with Gasteiger partial charge in [-0.05, 0) is 36.8 Å². The molecule has 11 heteroatoms. The van der Waals surface area contributed by atoms with E-state index in [1.165, 1.54) is 28.8 Å². The minimum absolute atomic E-state index is 0.0432. The fraction of sp³-hybridized carbons (Fsp3) is 0.211. The summed E-state index contributed by atoms with van der Waals surface area (Å²) in [5, 5.41) is 4.27. The first-order chi connectivity index (χ1) is 14.3. The van der Waals surface area contributed by atoms with Gasteiger partial charge in [-0.25, -0.2) is 13.2 Å². The predicted molar refractivity (Wildman–Crippen MR) is 110 cm³/mol. The highest BCUT2D eigenvalue weighted by Crippen LogP contribution is 2.24. The first-order valence-corrected chi connectivity index (χ1v) is 10.9. The normalized spacial score (nSPS) is 11.8. The number of fused-ring (bicyclic) bond motifs is 1. The van der Waals surface area contributed by atoms with Crippen LogP contribution in [-0.2, 0) is 23.0 Å². The lowest BCUT2D eigenvalue weighted by molar-refractivity contribution is 0.375. The number of benzene rings is 2. The minimum atomic E-state index is -3.92. The molecular weight excluding hydrogens is 432 g/mol. The van der Waals surface area contributed by atoms with Gasteiger partial charge in [-0.3, -0.25) is 9.29 Å². The van der Waals surface area contributed by atoms with Crippen molar-refractivity contribution in [2.45, 2.75) is 31.7 Å². The highest BCUT2D eigenvalue weighted by Gasteiger charge is 2.19. The third-order valence-corrected chi connectivity index (χ3v) is 6.27. The first-order valence-electron chi connectivity index (χ1n) is 9.00. The van der Waals surface area contributed by atoms with E-state index in [0.717, 1.165) is 5.56 Å². The van der Waals surface area contributed by atoms with Crippen LogP contribution < -0.4 is 10.5 Å². The van der Waals surface area contributed by atoms with Crippen molar-refractivity contribution in [3.05, 3.63) is 69.3 Å². The van der Waals surface area contributed by atoms with Crippen LogP contribution in [0.4, 0.5) is 5.69 Å². The predicted octanol–water partition coefficient (Wildman–Crippen LogP) is 3.35. The molecule has 0 spiro atoms. The molecule has 2 aromatic heterocycles. The SMILES string of the molecule is CCc1nc(Cn2c(=O)oc3cc(S(=O)(=O)Nc4ccc(C)c(Cl)c4)ccc32)no1. The summed E-state index contributed by atoms with van der Waals surface area (Å²) in [5.41, 5.74) is 1.70. The number of sulfonamides is 1. The Morgan fingerprint density at radius 3 is 2.70 bits per heavy atom. The smallest absolute Gasteiger partial charge is 0.408 e. The second kappa shape index (κ2) is 7.62. The van der Waals surface area contributed by atoms with Gasteiger partial charge in [0.25, 0.3) is 10.0 Å².